The molecule has 0 radical (unpaired) electrons. The minimum Gasteiger partial charge on any atom is -0.454 e. The summed E-state index contributed by atoms with van der Waals surface area (Å²) < 4.78 is 4.91. The van der Waals surface area contributed by atoms with Gasteiger partial charge in [0.1, 0.15) is 12.1 Å². The number of hydrogen-bond acceptors (Lipinski definition) is 5. The molecule has 1 fully saturated rings. The maximum atomic E-state index is 11.8. The van der Waals surface area contributed by atoms with E-state index in [-0.39, 0.29) is 18.4 Å². The highest BCUT2D eigenvalue weighted by molar-refractivity contribution is 5.84. The van der Waals surface area contributed by atoms with E-state index >= 15 is 0 Å². The third-order valence-electron chi connectivity index (χ3n) is 4.14. The van der Waals surface area contributed by atoms with Gasteiger partial charge in [-0.05, 0) is 25.7 Å². The molecular formula is C16H25N3O4. The van der Waals surface area contributed by atoms with Crippen LogP contribution in [-0.2, 0) is 19.1 Å². The van der Waals surface area contributed by atoms with E-state index in [1.165, 1.54) is 4.90 Å². The number of hydrogen-bond donors (Lipinski definition) is 1. The van der Waals surface area contributed by atoms with E-state index in [4.69, 9.17) is 10.00 Å². The molecule has 1 aliphatic rings. The van der Waals surface area contributed by atoms with Crippen LogP contribution in [0.25, 0.3) is 0 Å². The summed E-state index contributed by atoms with van der Waals surface area (Å²) in [6.45, 7) is 5.21. The van der Waals surface area contributed by atoms with Gasteiger partial charge >= 0.3 is 5.97 Å². The van der Waals surface area contributed by atoms with Crippen LogP contribution in [0.1, 0.15) is 46.5 Å². The number of nitrogens with one attached hydrogen (secondary N) is 1. The van der Waals surface area contributed by atoms with Crippen molar-refractivity contribution in [3.8, 4) is 6.07 Å². The average molecular weight is 323 g/mol. The second kappa shape index (κ2) is 8.51. The summed E-state index contributed by atoms with van der Waals surface area (Å²) in [7, 11) is 0. The molecule has 0 bridgehead atoms. The zero-order valence-corrected chi connectivity index (χ0v) is 14.1. The van der Waals surface area contributed by atoms with Crippen LogP contribution in [0.15, 0.2) is 0 Å². The Kier molecular flexibility index (Phi) is 7.01. The summed E-state index contributed by atoms with van der Waals surface area (Å²) in [5.74, 6) is -1.28. The summed E-state index contributed by atoms with van der Waals surface area (Å²) in [5.41, 5.74) is -1.01. The quantitative estimate of drug-likeness (QED) is 0.735. The third kappa shape index (κ3) is 5.89. The van der Waals surface area contributed by atoms with Crippen LogP contribution < -0.4 is 5.32 Å². The van der Waals surface area contributed by atoms with Gasteiger partial charge in [0.15, 0.2) is 6.61 Å². The molecule has 23 heavy (non-hydrogen) atoms. The smallest absolute Gasteiger partial charge is 0.326 e. The van der Waals surface area contributed by atoms with Crippen molar-refractivity contribution in [3.63, 3.8) is 0 Å². The van der Waals surface area contributed by atoms with Crippen molar-refractivity contribution in [2.75, 3.05) is 19.7 Å². The van der Waals surface area contributed by atoms with Crippen molar-refractivity contribution in [2.45, 2.75) is 52.0 Å². The van der Waals surface area contributed by atoms with E-state index in [0.717, 1.165) is 19.3 Å². The van der Waals surface area contributed by atoms with Crippen LogP contribution >= 0.6 is 0 Å². The molecule has 1 rings (SSSR count). The molecule has 1 saturated heterocycles. The van der Waals surface area contributed by atoms with Crippen molar-refractivity contribution in [1.82, 2.24) is 10.2 Å². The van der Waals surface area contributed by atoms with E-state index in [2.05, 4.69) is 5.32 Å². The Bertz CT molecular complexity index is 498. The lowest BCUT2D eigenvalue weighted by atomic mass is 9.90. The standard InChI is InChI=1S/C16H25N3O4/c1-12(2)16(3,11-17)18-13(20)10-23-15(22)9-19-8-6-4-5-7-14(19)21/h12H,4-10H2,1-3H3,(H,18,20)/t16-/m0/s1. The Balaban J connectivity index is 2.42. The zero-order chi connectivity index (χ0) is 17.5. The molecule has 7 nitrogen and oxygen atoms in total. The largest absolute Gasteiger partial charge is 0.454 e. The van der Waals surface area contributed by atoms with Crippen LogP contribution in [0.3, 0.4) is 0 Å². The van der Waals surface area contributed by atoms with E-state index in [0.29, 0.717) is 13.0 Å². The minimum atomic E-state index is -1.01. The highest BCUT2D eigenvalue weighted by Crippen LogP contribution is 2.15. The van der Waals surface area contributed by atoms with Gasteiger partial charge < -0.3 is 15.0 Å². The lowest BCUT2D eigenvalue weighted by Gasteiger charge is -2.27. The molecule has 0 aliphatic carbocycles. The first-order chi connectivity index (χ1) is 10.8. The van der Waals surface area contributed by atoms with Gasteiger partial charge in [-0.15, -0.1) is 0 Å². The molecule has 1 heterocycles. The molecule has 0 aromatic heterocycles. The fourth-order valence-electron chi connectivity index (χ4n) is 2.18. The van der Waals surface area contributed by atoms with Crippen molar-refractivity contribution >= 4 is 17.8 Å². The number of rotatable bonds is 6. The van der Waals surface area contributed by atoms with Gasteiger partial charge in [0, 0.05) is 13.0 Å². The molecule has 128 valence electrons. The summed E-state index contributed by atoms with van der Waals surface area (Å²) in [6, 6.07) is 2.05. The second-order valence-electron chi connectivity index (χ2n) is 6.30. The summed E-state index contributed by atoms with van der Waals surface area (Å²) >= 11 is 0. The maximum Gasteiger partial charge on any atom is 0.326 e. The predicted molar refractivity (Wildman–Crippen MR) is 83.0 cm³/mol. The van der Waals surface area contributed by atoms with Gasteiger partial charge in [0.2, 0.25) is 5.91 Å². The molecule has 2 amide bonds. The normalized spacial score (nSPS) is 17.9. The molecule has 0 aromatic rings. The number of carbonyl (C=O) groups excluding carboxylic acids is 3. The number of nitriles is 1. The fraction of sp³-hybridized carbons (Fsp3) is 0.750. The van der Waals surface area contributed by atoms with Crippen LogP contribution in [0, 0.1) is 17.2 Å². The molecule has 0 spiro atoms. The highest BCUT2D eigenvalue weighted by Gasteiger charge is 2.30. The first-order valence-corrected chi connectivity index (χ1v) is 7.94. The molecule has 1 atom stereocenters. The Hall–Kier alpha value is -2.10. The molecule has 0 saturated carbocycles. The number of esters is 1. The van der Waals surface area contributed by atoms with Gasteiger partial charge in [-0.25, -0.2) is 0 Å². The van der Waals surface area contributed by atoms with Crippen LogP contribution in [0.4, 0.5) is 0 Å². The Labute approximate surface area is 137 Å². The maximum absolute atomic E-state index is 11.8. The molecule has 7 heteroatoms. The average Bonchev–Trinajstić information content (AvgIpc) is 2.70. The van der Waals surface area contributed by atoms with Gasteiger partial charge in [0.25, 0.3) is 5.91 Å². The number of likely N-dealkylation sites (tertiary alicyclic amines) is 1. The molecule has 1 aliphatic heterocycles. The van der Waals surface area contributed by atoms with Gasteiger partial charge in [0.05, 0.1) is 6.07 Å². The third-order valence-corrected chi connectivity index (χ3v) is 4.14. The highest BCUT2D eigenvalue weighted by atomic mass is 16.5. The van der Waals surface area contributed by atoms with Crippen molar-refractivity contribution in [1.29, 1.82) is 5.26 Å². The Morgan fingerprint density at radius 1 is 1.39 bits per heavy atom. The van der Waals surface area contributed by atoms with Gasteiger partial charge in [-0.2, -0.15) is 5.26 Å². The Morgan fingerprint density at radius 3 is 2.70 bits per heavy atom. The lowest BCUT2D eigenvalue weighted by Crippen LogP contribution is -2.50. The topological polar surface area (TPSA) is 99.5 Å². The zero-order valence-electron chi connectivity index (χ0n) is 14.1. The minimum absolute atomic E-state index is 0.0548. The van der Waals surface area contributed by atoms with Crippen LogP contribution in [0.2, 0.25) is 0 Å². The number of amides is 2. The predicted octanol–water partition coefficient (Wildman–Crippen LogP) is 0.987. The Morgan fingerprint density at radius 2 is 2.09 bits per heavy atom. The van der Waals surface area contributed by atoms with Gasteiger partial charge in [-0.3, -0.25) is 14.4 Å². The van der Waals surface area contributed by atoms with Crippen LogP contribution in [-0.4, -0.2) is 47.9 Å². The molecule has 0 unspecified atom stereocenters. The van der Waals surface area contributed by atoms with Crippen LogP contribution in [0.5, 0.6) is 0 Å². The first-order valence-electron chi connectivity index (χ1n) is 7.94. The van der Waals surface area contributed by atoms with E-state index in [9.17, 15) is 14.4 Å². The molecular weight excluding hydrogens is 298 g/mol. The summed E-state index contributed by atoms with van der Waals surface area (Å²) in [4.78, 5) is 36.9. The molecule has 0 aromatic carbocycles. The summed E-state index contributed by atoms with van der Waals surface area (Å²) in [6.07, 6.45) is 3.13. The van der Waals surface area contributed by atoms with Crippen molar-refractivity contribution in [2.24, 2.45) is 5.92 Å². The lowest BCUT2D eigenvalue weighted by molar-refractivity contribution is -0.152. The van der Waals surface area contributed by atoms with Gasteiger partial charge in [-0.1, -0.05) is 20.3 Å². The van der Waals surface area contributed by atoms with E-state index in [1.807, 2.05) is 19.9 Å². The fourth-order valence-corrected chi connectivity index (χ4v) is 2.18. The van der Waals surface area contributed by atoms with Crippen molar-refractivity contribution < 1.29 is 19.1 Å². The molecule has 1 N–H and O–H groups in total. The second-order valence-corrected chi connectivity index (χ2v) is 6.30. The van der Waals surface area contributed by atoms with Crippen molar-refractivity contribution in [3.05, 3.63) is 0 Å². The summed E-state index contributed by atoms with van der Waals surface area (Å²) in [5, 5.41) is 11.7. The monoisotopic (exact) mass is 323 g/mol. The number of ether oxygens (including phenoxy) is 1. The van der Waals surface area contributed by atoms with E-state index < -0.39 is 24.0 Å². The first kappa shape index (κ1) is 18.9. The van der Waals surface area contributed by atoms with E-state index in [1.54, 1.807) is 6.92 Å². The number of nitrogens with zero attached hydrogens (tertiary/aromatic N) is 2. The number of carbonyl (C=O) groups is 3. The SMILES string of the molecule is CC(C)[C@](C)(C#N)NC(=O)COC(=O)CN1CCCCCC1=O.